The third-order valence-electron chi connectivity index (χ3n) is 3.95. The maximum absolute atomic E-state index is 11.6. The Balaban J connectivity index is 2.02. The van der Waals surface area contributed by atoms with Crippen molar-refractivity contribution in [3.63, 3.8) is 0 Å². The fraction of sp³-hybridized carbons (Fsp3) is 0.412. The highest BCUT2D eigenvalue weighted by atomic mass is 35.5. The van der Waals surface area contributed by atoms with Crippen molar-refractivity contribution in [1.29, 1.82) is 0 Å². The predicted molar refractivity (Wildman–Crippen MR) is 102 cm³/mol. The molecule has 1 aromatic heterocycles. The smallest absolute Gasteiger partial charge is 0.161 e. The molecule has 1 saturated heterocycles. The van der Waals surface area contributed by atoms with E-state index >= 15 is 0 Å². The van der Waals surface area contributed by atoms with Crippen molar-refractivity contribution >= 4 is 40.2 Å². The van der Waals surface area contributed by atoms with E-state index in [4.69, 9.17) is 28.2 Å². The average Bonchev–Trinajstić information content (AvgIpc) is 2.54. The normalized spacial score (nSPS) is 16.0. The van der Waals surface area contributed by atoms with E-state index in [1.54, 1.807) is 6.07 Å². The summed E-state index contributed by atoms with van der Waals surface area (Å²) in [5.41, 5.74) is 1.77. The molecule has 1 aliphatic heterocycles. The molecule has 0 spiro atoms. The maximum Gasteiger partial charge on any atom is 0.161 e. The summed E-state index contributed by atoms with van der Waals surface area (Å²) in [6, 6.07) is 7.36. The Labute approximate surface area is 155 Å². The molecule has 0 saturated carbocycles. The molecule has 128 valence electrons. The van der Waals surface area contributed by atoms with Gasteiger partial charge in [-0.05, 0) is 24.1 Å². The van der Waals surface area contributed by atoms with Gasteiger partial charge in [-0.1, -0.05) is 48.2 Å². The highest BCUT2D eigenvalue weighted by molar-refractivity contribution is 7.91. The highest BCUT2D eigenvalue weighted by Crippen LogP contribution is 2.28. The van der Waals surface area contributed by atoms with Gasteiger partial charge in [0, 0.05) is 27.4 Å². The van der Waals surface area contributed by atoms with E-state index < -0.39 is 11.2 Å². The van der Waals surface area contributed by atoms with Crippen LogP contribution in [-0.4, -0.2) is 39.1 Å². The molecule has 0 atom stereocenters. The summed E-state index contributed by atoms with van der Waals surface area (Å²) in [6.07, 6.45) is 0. The van der Waals surface area contributed by atoms with Crippen LogP contribution in [0.1, 0.15) is 25.5 Å². The number of nitrogens with zero attached hydrogens (tertiary/aromatic N) is 3. The second-order valence-corrected chi connectivity index (χ2v) is 8.69. The number of hydrogen-bond donors (Lipinski definition) is 0. The molecule has 1 aliphatic rings. The predicted octanol–water partition coefficient (Wildman–Crippen LogP) is 4.14. The van der Waals surface area contributed by atoms with Crippen LogP contribution >= 0.6 is 23.2 Å². The van der Waals surface area contributed by atoms with E-state index in [9.17, 15) is 4.55 Å². The molecule has 4 nitrogen and oxygen atoms in total. The van der Waals surface area contributed by atoms with Crippen LogP contribution in [0.5, 0.6) is 0 Å². The van der Waals surface area contributed by atoms with Crippen molar-refractivity contribution in [3.8, 4) is 11.4 Å². The monoisotopic (exact) mass is 383 g/mol. The van der Waals surface area contributed by atoms with E-state index in [-0.39, 0.29) is 5.92 Å². The first-order chi connectivity index (χ1) is 11.4. The molecule has 2 heterocycles. The lowest BCUT2D eigenvalue weighted by Gasteiger charge is -2.29. The van der Waals surface area contributed by atoms with Crippen LogP contribution in [0.3, 0.4) is 0 Å². The Morgan fingerprint density at radius 1 is 1.04 bits per heavy atom. The van der Waals surface area contributed by atoms with Gasteiger partial charge in [0.2, 0.25) is 0 Å². The Hall–Kier alpha value is -1.01. The number of rotatable bonds is 3. The van der Waals surface area contributed by atoms with Crippen molar-refractivity contribution < 1.29 is 4.55 Å². The molecule has 0 aliphatic carbocycles. The topological polar surface area (TPSA) is 52.1 Å². The fourth-order valence-corrected chi connectivity index (χ4v) is 4.17. The lowest BCUT2D eigenvalue weighted by molar-refractivity contribution is 0.585. The van der Waals surface area contributed by atoms with Crippen LogP contribution in [0.4, 0.5) is 5.82 Å². The van der Waals surface area contributed by atoms with Crippen molar-refractivity contribution in [3.05, 3.63) is 40.0 Å². The zero-order chi connectivity index (χ0) is 17.3. The van der Waals surface area contributed by atoms with Crippen LogP contribution < -0.4 is 4.90 Å². The Bertz CT molecular complexity index is 714. The Morgan fingerprint density at radius 3 is 2.25 bits per heavy atom. The van der Waals surface area contributed by atoms with Crippen LogP contribution in [0.2, 0.25) is 10.0 Å². The van der Waals surface area contributed by atoms with Gasteiger partial charge in [0.15, 0.2) is 5.82 Å². The third-order valence-corrected chi connectivity index (χ3v) is 5.66. The van der Waals surface area contributed by atoms with Gasteiger partial charge in [-0.2, -0.15) is 0 Å². The Morgan fingerprint density at radius 2 is 1.67 bits per heavy atom. The molecular weight excluding hydrogens is 365 g/mol. The zero-order valence-corrected chi connectivity index (χ0v) is 16.0. The van der Waals surface area contributed by atoms with Crippen molar-refractivity contribution in [2.24, 2.45) is 0 Å². The van der Waals surface area contributed by atoms with Gasteiger partial charge in [0.05, 0.1) is 13.1 Å². The van der Waals surface area contributed by atoms with Gasteiger partial charge in [-0.25, -0.2) is 9.97 Å². The van der Waals surface area contributed by atoms with Crippen molar-refractivity contribution in [2.45, 2.75) is 19.8 Å². The number of hydrogen-bond acceptors (Lipinski definition) is 4. The van der Waals surface area contributed by atoms with Crippen molar-refractivity contribution in [2.75, 3.05) is 29.5 Å². The minimum absolute atomic E-state index is 0.277. The first-order valence-electron chi connectivity index (χ1n) is 7.88. The fourth-order valence-electron chi connectivity index (χ4n) is 2.59. The van der Waals surface area contributed by atoms with E-state index in [1.165, 1.54) is 0 Å². The maximum atomic E-state index is 11.6. The Kier molecular flexibility index (Phi) is 5.55. The van der Waals surface area contributed by atoms with Crippen LogP contribution in [0.15, 0.2) is 24.3 Å². The van der Waals surface area contributed by atoms with Crippen LogP contribution in [0.25, 0.3) is 11.4 Å². The molecule has 0 bridgehead atoms. The van der Waals surface area contributed by atoms with E-state index in [1.807, 2.05) is 18.2 Å². The first-order valence-corrected chi connectivity index (χ1v) is 10.1. The molecule has 0 N–H and O–H groups in total. The molecule has 0 unspecified atom stereocenters. The van der Waals surface area contributed by atoms with Gasteiger partial charge in [-0.15, -0.1) is 0 Å². The summed E-state index contributed by atoms with van der Waals surface area (Å²) >= 11 is 11.5. The largest absolute Gasteiger partial charge is 0.616 e. The summed E-state index contributed by atoms with van der Waals surface area (Å²) in [5, 5.41) is 1.12. The van der Waals surface area contributed by atoms with Crippen molar-refractivity contribution in [1.82, 2.24) is 9.97 Å². The number of aromatic nitrogens is 2. The van der Waals surface area contributed by atoms with Gasteiger partial charge in [0.1, 0.15) is 17.3 Å². The van der Waals surface area contributed by atoms with Gasteiger partial charge in [-0.3, -0.25) is 0 Å². The standard InChI is InChI=1S/C17H19Cl2N3OS/c1-11(2)15-10-16(22-3-5-24(23)6-4-22)21-17(20-15)12-7-13(18)9-14(19)8-12/h7-11H,3-6H2,1-2H3. The first kappa shape index (κ1) is 17.8. The summed E-state index contributed by atoms with van der Waals surface area (Å²) in [6.45, 7) is 5.70. The van der Waals surface area contributed by atoms with Gasteiger partial charge >= 0.3 is 0 Å². The molecule has 0 radical (unpaired) electrons. The molecule has 7 heteroatoms. The molecule has 1 fully saturated rings. The molecule has 1 aromatic carbocycles. The number of benzene rings is 1. The second kappa shape index (κ2) is 7.48. The molecule has 2 aromatic rings. The summed E-state index contributed by atoms with van der Waals surface area (Å²) in [7, 11) is 0. The molecular formula is C17H19Cl2N3OS. The third kappa shape index (κ3) is 4.14. The molecule has 3 rings (SSSR count). The lowest BCUT2D eigenvalue weighted by Crippen LogP contribution is -2.40. The van der Waals surface area contributed by atoms with E-state index in [0.717, 1.165) is 30.2 Å². The van der Waals surface area contributed by atoms with E-state index in [2.05, 4.69) is 23.7 Å². The molecule has 24 heavy (non-hydrogen) atoms. The summed E-state index contributed by atoms with van der Waals surface area (Å²) < 4.78 is 11.6. The summed E-state index contributed by atoms with van der Waals surface area (Å²) in [5.74, 6) is 3.13. The van der Waals surface area contributed by atoms with Gasteiger partial charge < -0.3 is 9.45 Å². The molecule has 0 amide bonds. The highest BCUT2D eigenvalue weighted by Gasteiger charge is 2.22. The zero-order valence-electron chi connectivity index (χ0n) is 13.6. The minimum Gasteiger partial charge on any atom is -0.616 e. The van der Waals surface area contributed by atoms with Gasteiger partial charge in [0.25, 0.3) is 0 Å². The minimum atomic E-state index is -0.716. The number of anilines is 1. The quantitative estimate of drug-likeness (QED) is 0.747. The van der Waals surface area contributed by atoms with E-state index in [0.29, 0.717) is 27.4 Å². The second-order valence-electron chi connectivity index (χ2n) is 6.12. The average molecular weight is 384 g/mol. The van der Waals surface area contributed by atoms with Crippen LogP contribution in [-0.2, 0) is 11.2 Å². The SMILES string of the molecule is CC(C)c1cc(N2CC[S+]([O-])CC2)nc(-c2cc(Cl)cc(Cl)c2)n1. The van der Waals surface area contributed by atoms with Crippen LogP contribution in [0, 0.1) is 0 Å². The number of halogens is 2. The summed E-state index contributed by atoms with van der Waals surface area (Å²) in [4.78, 5) is 11.6. The lowest BCUT2D eigenvalue weighted by atomic mass is 10.1.